The number of nitrogens with zero attached hydrogens (tertiary/aromatic N) is 1. The first-order valence-corrected chi connectivity index (χ1v) is 6.10. The lowest BCUT2D eigenvalue weighted by Gasteiger charge is -2.35. The third-order valence-electron chi connectivity index (χ3n) is 3.10. The molecule has 1 fully saturated rings. The number of H-pyrrole nitrogens is 1. The van der Waals surface area contributed by atoms with Gasteiger partial charge in [0.1, 0.15) is 0 Å². The number of imidazole rings is 1. The zero-order valence-corrected chi connectivity index (χ0v) is 10.9. The van der Waals surface area contributed by atoms with Crippen LogP contribution in [-0.2, 0) is 4.74 Å². The van der Waals surface area contributed by atoms with E-state index in [1.165, 1.54) is 6.33 Å². The Morgan fingerprint density at radius 3 is 2.95 bits per heavy atom. The molecule has 7 heteroatoms. The van der Waals surface area contributed by atoms with Gasteiger partial charge in [-0.25, -0.2) is 9.78 Å². The first-order chi connectivity index (χ1) is 8.89. The van der Waals surface area contributed by atoms with Gasteiger partial charge in [-0.3, -0.25) is 4.79 Å². The van der Waals surface area contributed by atoms with Crippen molar-refractivity contribution in [3.8, 4) is 0 Å². The van der Waals surface area contributed by atoms with Gasteiger partial charge in [-0.1, -0.05) is 0 Å². The predicted octanol–water partition coefficient (Wildman–Crippen LogP) is 0.795. The first-order valence-electron chi connectivity index (χ1n) is 6.10. The summed E-state index contributed by atoms with van der Waals surface area (Å²) < 4.78 is 5.56. The minimum absolute atomic E-state index is 0.0328. The SMILES string of the molecule is CC1(C)CC(NC(=O)c2nc[nH]c2C(=O)O)CCO1. The third-order valence-corrected chi connectivity index (χ3v) is 3.10. The smallest absolute Gasteiger partial charge is 0.354 e. The summed E-state index contributed by atoms with van der Waals surface area (Å²) in [6.07, 6.45) is 2.60. The van der Waals surface area contributed by atoms with Crippen molar-refractivity contribution in [2.75, 3.05) is 6.61 Å². The molecule has 0 aromatic carbocycles. The van der Waals surface area contributed by atoms with Crippen LogP contribution in [0.4, 0.5) is 0 Å². The third kappa shape index (κ3) is 3.11. The van der Waals surface area contributed by atoms with Crippen molar-refractivity contribution in [1.29, 1.82) is 0 Å². The zero-order chi connectivity index (χ0) is 14.0. The Hall–Kier alpha value is -1.89. The van der Waals surface area contributed by atoms with Gasteiger partial charge in [0.05, 0.1) is 11.9 Å². The molecule has 1 amide bonds. The monoisotopic (exact) mass is 267 g/mol. The molecular formula is C12H17N3O4. The number of amides is 1. The van der Waals surface area contributed by atoms with Crippen LogP contribution in [0.15, 0.2) is 6.33 Å². The van der Waals surface area contributed by atoms with E-state index < -0.39 is 11.9 Å². The van der Waals surface area contributed by atoms with E-state index in [0.717, 1.165) is 0 Å². The van der Waals surface area contributed by atoms with Gasteiger partial charge in [0, 0.05) is 12.6 Å². The number of hydrogen-bond acceptors (Lipinski definition) is 4. The molecule has 0 spiro atoms. The summed E-state index contributed by atoms with van der Waals surface area (Å²) in [4.78, 5) is 29.1. The summed E-state index contributed by atoms with van der Waals surface area (Å²) in [5, 5.41) is 11.7. The normalized spacial score (nSPS) is 21.9. The molecule has 2 heterocycles. The van der Waals surface area contributed by atoms with Crippen molar-refractivity contribution in [2.45, 2.75) is 38.3 Å². The molecule has 0 saturated carbocycles. The Morgan fingerprint density at radius 2 is 2.32 bits per heavy atom. The van der Waals surface area contributed by atoms with Crippen LogP contribution in [0.25, 0.3) is 0 Å². The highest BCUT2D eigenvalue weighted by Gasteiger charge is 2.31. The molecule has 104 valence electrons. The lowest BCUT2D eigenvalue weighted by molar-refractivity contribution is -0.0615. The fraction of sp³-hybridized carbons (Fsp3) is 0.583. The Morgan fingerprint density at radius 1 is 1.58 bits per heavy atom. The fourth-order valence-electron chi connectivity index (χ4n) is 2.24. The van der Waals surface area contributed by atoms with E-state index >= 15 is 0 Å². The predicted molar refractivity (Wildman–Crippen MR) is 66.1 cm³/mol. The van der Waals surface area contributed by atoms with E-state index in [1.54, 1.807) is 0 Å². The highest BCUT2D eigenvalue weighted by atomic mass is 16.5. The molecule has 1 unspecified atom stereocenters. The van der Waals surface area contributed by atoms with Gasteiger partial charge in [0.15, 0.2) is 11.4 Å². The van der Waals surface area contributed by atoms with Crippen LogP contribution < -0.4 is 5.32 Å². The van der Waals surface area contributed by atoms with Gasteiger partial charge in [0.25, 0.3) is 5.91 Å². The molecular weight excluding hydrogens is 250 g/mol. The van der Waals surface area contributed by atoms with Crippen molar-refractivity contribution < 1.29 is 19.4 Å². The minimum Gasteiger partial charge on any atom is -0.477 e. The van der Waals surface area contributed by atoms with Gasteiger partial charge in [0.2, 0.25) is 0 Å². The quantitative estimate of drug-likeness (QED) is 0.751. The molecule has 2 rings (SSSR count). The molecule has 3 N–H and O–H groups in total. The van der Waals surface area contributed by atoms with Crippen LogP contribution >= 0.6 is 0 Å². The van der Waals surface area contributed by atoms with Crippen LogP contribution in [0.5, 0.6) is 0 Å². The van der Waals surface area contributed by atoms with E-state index in [4.69, 9.17) is 9.84 Å². The fourth-order valence-corrected chi connectivity index (χ4v) is 2.24. The van der Waals surface area contributed by atoms with Gasteiger partial charge in [-0.05, 0) is 26.7 Å². The van der Waals surface area contributed by atoms with Crippen molar-refractivity contribution >= 4 is 11.9 Å². The zero-order valence-electron chi connectivity index (χ0n) is 10.9. The number of nitrogens with one attached hydrogen (secondary N) is 2. The summed E-state index contributed by atoms with van der Waals surface area (Å²) >= 11 is 0. The molecule has 0 bridgehead atoms. The average molecular weight is 267 g/mol. The number of carboxylic acids is 1. The Labute approximate surface area is 110 Å². The number of aromatic carboxylic acids is 1. The molecule has 19 heavy (non-hydrogen) atoms. The van der Waals surface area contributed by atoms with E-state index in [1.807, 2.05) is 13.8 Å². The van der Waals surface area contributed by atoms with Gasteiger partial charge in [-0.15, -0.1) is 0 Å². The maximum absolute atomic E-state index is 12.0. The number of carbonyl (C=O) groups excluding carboxylic acids is 1. The van der Waals surface area contributed by atoms with E-state index in [0.29, 0.717) is 19.4 Å². The second kappa shape index (κ2) is 5.00. The van der Waals surface area contributed by atoms with Gasteiger partial charge in [-0.2, -0.15) is 0 Å². The highest BCUT2D eigenvalue weighted by Crippen LogP contribution is 2.24. The molecule has 1 saturated heterocycles. The van der Waals surface area contributed by atoms with E-state index in [9.17, 15) is 9.59 Å². The Kier molecular flexibility index (Phi) is 3.57. The lowest BCUT2D eigenvalue weighted by Crippen LogP contribution is -2.46. The van der Waals surface area contributed by atoms with Crippen molar-refractivity contribution in [1.82, 2.24) is 15.3 Å². The molecule has 1 aromatic heterocycles. The number of aromatic amines is 1. The topological polar surface area (TPSA) is 104 Å². The van der Waals surface area contributed by atoms with E-state index in [-0.39, 0.29) is 23.0 Å². The number of hydrogen-bond donors (Lipinski definition) is 3. The molecule has 7 nitrogen and oxygen atoms in total. The summed E-state index contributed by atoms with van der Waals surface area (Å²) in [5.74, 6) is -1.67. The van der Waals surface area contributed by atoms with Crippen LogP contribution in [0.1, 0.15) is 47.7 Å². The second-order valence-corrected chi connectivity index (χ2v) is 5.20. The second-order valence-electron chi connectivity index (χ2n) is 5.20. The number of carbonyl (C=O) groups is 2. The maximum atomic E-state index is 12.0. The molecule has 0 radical (unpaired) electrons. The highest BCUT2D eigenvalue weighted by molar-refractivity contribution is 6.02. The van der Waals surface area contributed by atoms with Gasteiger partial charge >= 0.3 is 5.97 Å². The van der Waals surface area contributed by atoms with Crippen molar-refractivity contribution in [2.24, 2.45) is 0 Å². The van der Waals surface area contributed by atoms with Crippen LogP contribution in [0.2, 0.25) is 0 Å². The molecule has 1 aliphatic heterocycles. The van der Waals surface area contributed by atoms with Crippen LogP contribution in [-0.4, -0.2) is 45.2 Å². The van der Waals surface area contributed by atoms with Crippen molar-refractivity contribution in [3.63, 3.8) is 0 Å². The minimum atomic E-state index is -1.20. The van der Waals surface area contributed by atoms with E-state index in [2.05, 4.69) is 15.3 Å². The molecule has 1 aliphatic rings. The summed E-state index contributed by atoms with van der Waals surface area (Å²) in [7, 11) is 0. The van der Waals surface area contributed by atoms with Gasteiger partial charge < -0.3 is 20.1 Å². The molecule has 0 aliphatic carbocycles. The average Bonchev–Trinajstić information content (AvgIpc) is 2.76. The van der Waals surface area contributed by atoms with Crippen molar-refractivity contribution in [3.05, 3.63) is 17.7 Å². The number of aromatic nitrogens is 2. The maximum Gasteiger partial charge on any atom is 0.354 e. The Balaban J connectivity index is 2.05. The number of carboxylic acid groups (broad SMARTS) is 1. The molecule has 1 aromatic rings. The largest absolute Gasteiger partial charge is 0.477 e. The lowest BCUT2D eigenvalue weighted by atomic mass is 9.94. The summed E-state index contributed by atoms with van der Waals surface area (Å²) in [6.45, 7) is 4.50. The van der Waals surface area contributed by atoms with Crippen LogP contribution in [0, 0.1) is 0 Å². The summed E-state index contributed by atoms with van der Waals surface area (Å²) in [6, 6.07) is -0.0328. The summed E-state index contributed by atoms with van der Waals surface area (Å²) in [5.41, 5.74) is -0.558. The first kappa shape index (κ1) is 13.5. The number of rotatable bonds is 3. The standard InChI is InChI=1S/C12H17N3O4/c1-12(2)5-7(3-4-19-12)15-10(16)8-9(11(17)18)14-6-13-8/h6-7H,3-5H2,1-2H3,(H,13,14)(H,15,16)(H,17,18). The molecule has 1 atom stereocenters. The number of ether oxygens (including phenoxy) is 1. The Bertz CT molecular complexity index is 495. The van der Waals surface area contributed by atoms with Crippen LogP contribution in [0.3, 0.4) is 0 Å².